The Hall–Kier alpha value is -1.66. The molecule has 0 fully saturated rings. The van der Waals surface area contributed by atoms with E-state index in [1.807, 2.05) is 0 Å². The van der Waals surface area contributed by atoms with E-state index in [0.717, 1.165) is 44.9 Å². The zero-order valence-corrected chi connectivity index (χ0v) is 51.5. The lowest BCUT2D eigenvalue weighted by molar-refractivity contribution is -0.143. The molecule has 450 valence electrons. The molecular formula is C70H135NO5. The van der Waals surface area contributed by atoms with E-state index in [0.29, 0.717) is 25.9 Å². The van der Waals surface area contributed by atoms with Gasteiger partial charge in [0.15, 0.2) is 0 Å². The van der Waals surface area contributed by atoms with Gasteiger partial charge in [-0.05, 0) is 77.0 Å². The first-order chi connectivity index (χ1) is 37.5. The van der Waals surface area contributed by atoms with E-state index in [9.17, 15) is 19.8 Å². The molecule has 0 saturated carbocycles. The number of amides is 1. The van der Waals surface area contributed by atoms with Crippen LogP contribution in [0.5, 0.6) is 0 Å². The van der Waals surface area contributed by atoms with Gasteiger partial charge in [0.05, 0.1) is 25.4 Å². The van der Waals surface area contributed by atoms with Crippen LogP contribution >= 0.6 is 0 Å². The third-order valence-corrected chi connectivity index (χ3v) is 16.2. The van der Waals surface area contributed by atoms with Gasteiger partial charge in [-0.2, -0.15) is 0 Å². The molecule has 0 aromatic heterocycles. The van der Waals surface area contributed by atoms with Gasteiger partial charge in [-0.25, -0.2) is 0 Å². The van der Waals surface area contributed by atoms with Crippen molar-refractivity contribution in [2.24, 2.45) is 0 Å². The fraction of sp³-hybridized carbons (Fsp3) is 0.914. The molecule has 0 aliphatic heterocycles. The maximum Gasteiger partial charge on any atom is 0.305 e. The maximum absolute atomic E-state index is 12.4. The predicted octanol–water partition coefficient (Wildman–Crippen LogP) is 22.1. The van der Waals surface area contributed by atoms with Crippen LogP contribution in [0.1, 0.15) is 386 Å². The summed E-state index contributed by atoms with van der Waals surface area (Å²) in [5.74, 6) is -0.0201. The molecule has 3 N–H and O–H groups in total. The molecule has 76 heavy (non-hydrogen) atoms. The molecule has 6 heteroatoms. The van der Waals surface area contributed by atoms with E-state index in [2.05, 4.69) is 43.5 Å². The summed E-state index contributed by atoms with van der Waals surface area (Å²) in [5.41, 5.74) is 0. The molecule has 6 nitrogen and oxygen atoms in total. The smallest absolute Gasteiger partial charge is 0.305 e. The van der Waals surface area contributed by atoms with Crippen LogP contribution in [0.4, 0.5) is 0 Å². The third-order valence-electron chi connectivity index (χ3n) is 16.2. The van der Waals surface area contributed by atoms with Crippen LogP contribution in [0.3, 0.4) is 0 Å². The number of rotatable bonds is 65. The van der Waals surface area contributed by atoms with Gasteiger partial charge in [-0.1, -0.05) is 321 Å². The number of ether oxygens (including phenoxy) is 1. The van der Waals surface area contributed by atoms with E-state index in [1.54, 1.807) is 0 Å². The van der Waals surface area contributed by atoms with Crippen molar-refractivity contribution in [3.8, 4) is 0 Å². The average Bonchev–Trinajstić information content (AvgIpc) is 3.42. The molecule has 2 atom stereocenters. The van der Waals surface area contributed by atoms with Crippen molar-refractivity contribution in [2.45, 2.75) is 398 Å². The number of aliphatic hydroxyl groups excluding tert-OH is 2. The summed E-state index contributed by atoms with van der Waals surface area (Å²) in [4.78, 5) is 24.5. The summed E-state index contributed by atoms with van der Waals surface area (Å²) in [6, 6.07) is -0.537. The van der Waals surface area contributed by atoms with E-state index in [4.69, 9.17) is 4.74 Å². The van der Waals surface area contributed by atoms with Crippen molar-refractivity contribution < 1.29 is 24.5 Å². The number of carbonyl (C=O) groups is 2. The Labute approximate surface area is 475 Å². The van der Waals surface area contributed by atoms with Crippen LogP contribution in [-0.4, -0.2) is 47.4 Å². The molecule has 0 aliphatic rings. The van der Waals surface area contributed by atoms with Gasteiger partial charge in [-0.3, -0.25) is 9.59 Å². The number of esters is 1. The number of nitrogens with one attached hydrogen (secondary N) is 1. The largest absolute Gasteiger partial charge is 0.466 e. The minimum atomic E-state index is -0.660. The highest BCUT2D eigenvalue weighted by molar-refractivity contribution is 5.76. The van der Waals surface area contributed by atoms with Crippen molar-refractivity contribution in [2.75, 3.05) is 13.2 Å². The van der Waals surface area contributed by atoms with Crippen molar-refractivity contribution in [3.63, 3.8) is 0 Å². The zero-order valence-electron chi connectivity index (χ0n) is 51.5. The highest BCUT2D eigenvalue weighted by Gasteiger charge is 2.20. The number of aliphatic hydroxyl groups is 2. The minimum Gasteiger partial charge on any atom is -0.466 e. The second-order valence-corrected chi connectivity index (χ2v) is 23.9. The van der Waals surface area contributed by atoms with Gasteiger partial charge < -0.3 is 20.3 Å². The predicted molar refractivity (Wildman–Crippen MR) is 333 cm³/mol. The molecule has 0 aromatic carbocycles. The minimum absolute atomic E-state index is 0.0118. The van der Waals surface area contributed by atoms with Crippen molar-refractivity contribution in [1.29, 1.82) is 0 Å². The highest BCUT2D eigenvalue weighted by Crippen LogP contribution is 2.18. The molecular weight excluding hydrogens is 935 g/mol. The Balaban J connectivity index is 3.32. The fourth-order valence-corrected chi connectivity index (χ4v) is 10.9. The first-order valence-electron chi connectivity index (χ1n) is 34.6. The molecule has 2 unspecified atom stereocenters. The van der Waals surface area contributed by atoms with Gasteiger partial charge in [-0.15, -0.1) is 0 Å². The van der Waals surface area contributed by atoms with Crippen LogP contribution in [0, 0.1) is 0 Å². The van der Waals surface area contributed by atoms with E-state index in [1.165, 1.54) is 308 Å². The Morgan fingerprint density at radius 1 is 0.355 bits per heavy atom. The second-order valence-electron chi connectivity index (χ2n) is 23.9. The van der Waals surface area contributed by atoms with Crippen molar-refractivity contribution >= 4 is 11.9 Å². The maximum atomic E-state index is 12.4. The summed E-state index contributed by atoms with van der Waals surface area (Å²) in [6.07, 6.45) is 82.4. The highest BCUT2D eigenvalue weighted by atomic mass is 16.5. The second kappa shape index (κ2) is 65.9. The van der Waals surface area contributed by atoms with Crippen molar-refractivity contribution in [1.82, 2.24) is 5.32 Å². The average molecular weight is 1070 g/mol. The lowest BCUT2D eigenvalue weighted by Gasteiger charge is -2.22. The quantitative estimate of drug-likeness (QED) is 0.0320. The molecule has 0 radical (unpaired) electrons. The van der Waals surface area contributed by atoms with E-state index in [-0.39, 0.29) is 18.5 Å². The monoisotopic (exact) mass is 1070 g/mol. The lowest BCUT2D eigenvalue weighted by Crippen LogP contribution is -2.45. The van der Waals surface area contributed by atoms with Gasteiger partial charge in [0, 0.05) is 12.8 Å². The number of unbranched alkanes of at least 4 members (excludes halogenated alkanes) is 50. The first-order valence-corrected chi connectivity index (χ1v) is 34.6. The van der Waals surface area contributed by atoms with Crippen LogP contribution in [0.25, 0.3) is 0 Å². The summed E-state index contributed by atoms with van der Waals surface area (Å²) in [6.45, 7) is 4.96. The summed E-state index contributed by atoms with van der Waals surface area (Å²) in [5, 5.41) is 23.2. The molecule has 0 heterocycles. The SMILES string of the molecule is CCCCCCCCC/C=C\CCCCCCCC(=O)OCCCCCCCCCCCCCC/C=C\CCCCCCCCCCCCCCCCCCCC(=O)NC(CO)C(O)CCCCCCCCCCCC. The van der Waals surface area contributed by atoms with Gasteiger partial charge in [0.25, 0.3) is 0 Å². The van der Waals surface area contributed by atoms with Crippen LogP contribution in [0.15, 0.2) is 24.3 Å². The summed E-state index contributed by atoms with van der Waals surface area (Å²) in [7, 11) is 0. The Morgan fingerprint density at radius 2 is 0.618 bits per heavy atom. The first kappa shape index (κ1) is 74.3. The molecule has 0 spiro atoms. The number of hydrogen-bond donors (Lipinski definition) is 3. The van der Waals surface area contributed by atoms with Crippen LogP contribution < -0.4 is 5.32 Å². The molecule has 0 rings (SSSR count). The number of carbonyl (C=O) groups excluding carboxylic acids is 2. The Bertz CT molecular complexity index is 1190. The van der Waals surface area contributed by atoms with Gasteiger partial charge >= 0.3 is 5.97 Å². The Kier molecular flexibility index (Phi) is 64.4. The van der Waals surface area contributed by atoms with Gasteiger partial charge in [0.1, 0.15) is 0 Å². The van der Waals surface area contributed by atoms with Gasteiger partial charge in [0.2, 0.25) is 5.91 Å². The Morgan fingerprint density at radius 3 is 0.934 bits per heavy atom. The lowest BCUT2D eigenvalue weighted by atomic mass is 10.0. The number of hydrogen-bond acceptors (Lipinski definition) is 5. The number of allylic oxidation sites excluding steroid dienone is 4. The summed E-state index contributed by atoms with van der Waals surface area (Å²) >= 11 is 0. The van der Waals surface area contributed by atoms with Crippen molar-refractivity contribution in [3.05, 3.63) is 24.3 Å². The molecule has 0 bridgehead atoms. The molecule has 0 aromatic rings. The van der Waals surface area contributed by atoms with Crippen LogP contribution in [0.2, 0.25) is 0 Å². The molecule has 0 saturated heterocycles. The van der Waals surface area contributed by atoms with Crippen LogP contribution in [-0.2, 0) is 14.3 Å². The van der Waals surface area contributed by atoms with E-state index < -0.39 is 12.1 Å². The fourth-order valence-electron chi connectivity index (χ4n) is 10.9. The summed E-state index contributed by atoms with van der Waals surface area (Å²) < 4.78 is 5.49. The zero-order chi connectivity index (χ0) is 55.0. The third kappa shape index (κ3) is 61.6. The molecule has 0 aliphatic carbocycles. The van der Waals surface area contributed by atoms with E-state index >= 15 is 0 Å². The molecule has 1 amide bonds. The normalized spacial score (nSPS) is 12.6. The standard InChI is InChI=1S/C70H135NO5/c1-3-5-7-9-11-13-15-16-17-38-41-44-48-52-56-60-64-70(75)76-65-61-57-53-49-45-42-39-36-34-32-30-28-26-24-22-20-18-19-21-23-25-27-29-31-33-35-37-40-43-47-51-55-59-63-69(74)71-67(66-72)68(73)62-58-54-50-46-14-12-10-8-6-4-2/h17,22,24,38,67-68,72-73H,3-16,18-21,23,25-37,39-66H2,1-2H3,(H,71,74)/b24-22-,38-17-. The topological polar surface area (TPSA) is 95.9 Å².